The van der Waals surface area contributed by atoms with Gasteiger partial charge in [-0.15, -0.1) is 0 Å². The maximum absolute atomic E-state index is 12.1. The van der Waals surface area contributed by atoms with Crippen molar-refractivity contribution in [3.63, 3.8) is 0 Å². The average Bonchev–Trinajstić information content (AvgIpc) is 2.68. The quantitative estimate of drug-likeness (QED) is 0.326. The van der Waals surface area contributed by atoms with Crippen molar-refractivity contribution in [1.82, 2.24) is 5.43 Å². The Morgan fingerprint density at radius 1 is 0.897 bits per heavy atom. The van der Waals surface area contributed by atoms with Gasteiger partial charge in [0.15, 0.2) is 0 Å². The van der Waals surface area contributed by atoms with Crippen molar-refractivity contribution in [2.45, 2.75) is 6.61 Å². The van der Waals surface area contributed by atoms with Crippen molar-refractivity contribution in [2.24, 2.45) is 5.10 Å². The second-order valence-electron chi connectivity index (χ2n) is 5.93. The van der Waals surface area contributed by atoms with E-state index >= 15 is 0 Å². The minimum atomic E-state index is -0.447. The Morgan fingerprint density at radius 3 is 2.31 bits per heavy atom. The Hall–Kier alpha value is -2.24. The molecule has 0 aliphatic carbocycles. The fraction of sp³-hybridized carbons (Fsp3) is 0.0476. The van der Waals surface area contributed by atoms with E-state index in [1.807, 2.05) is 12.1 Å². The van der Waals surface area contributed by atoms with Gasteiger partial charge in [0.1, 0.15) is 12.4 Å². The fourth-order valence-electron chi connectivity index (χ4n) is 2.36. The van der Waals surface area contributed by atoms with Crippen LogP contribution in [0.1, 0.15) is 21.5 Å². The number of benzene rings is 3. The summed E-state index contributed by atoms with van der Waals surface area (Å²) in [5.41, 5.74) is 4.35. The molecule has 8 heteroatoms. The number of nitrogens with zero attached hydrogens (tertiary/aromatic N) is 1. The average molecular weight is 468 g/mol. The van der Waals surface area contributed by atoms with E-state index in [0.717, 1.165) is 5.56 Å². The molecular weight excluding hydrogens is 454 g/mol. The molecule has 0 atom stereocenters. The molecule has 0 bridgehead atoms. The molecule has 1 amide bonds. The van der Waals surface area contributed by atoms with Crippen LogP contribution in [0.15, 0.2) is 65.8 Å². The molecule has 0 aliphatic rings. The highest BCUT2D eigenvalue weighted by atomic mass is 35.5. The molecule has 0 aliphatic heterocycles. The van der Waals surface area contributed by atoms with Crippen molar-refractivity contribution in [2.75, 3.05) is 0 Å². The first-order valence-electron chi connectivity index (χ1n) is 8.37. The number of hydrogen-bond donors (Lipinski definition) is 1. The second kappa shape index (κ2) is 9.99. The lowest BCUT2D eigenvalue weighted by Crippen LogP contribution is -2.18. The van der Waals surface area contributed by atoms with E-state index in [4.69, 9.17) is 51.1 Å². The number of rotatable bonds is 6. The molecule has 0 spiro atoms. The highest BCUT2D eigenvalue weighted by Gasteiger charge is 2.09. The van der Waals surface area contributed by atoms with Crippen LogP contribution in [0.4, 0.5) is 0 Å². The van der Waals surface area contributed by atoms with Gasteiger partial charge in [-0.1, -0.05) is 58.5 Å². The van der Waals surface area contributed by atoms with Crippen LogP contribution in [0.2, 0.25) is 20.1 Å². The number of ether oxygens (including phenoxy) is 1. The van der Waals surface area contributed by atoms with Gasteiger partial charge in [0.2, 0.25) is 0 Å². The predicted octanol–water partition coefficient (Wildman–Crippen LogP) is 6.64. The zero-order chi connectivity index (χ0) is 20.8. The van der Waals surface area contributed by atoms with E-state index in [0.29, 0.717) is 33.0 Å². The lowest BCUT2D eigenvalue weighted by molar-refractivity contribution is 0.0955. The first-order chi connectivity index (χ1) is 13.9. The number of nitrogens with one attached hydrogen (secondary N) is 1. The van der Waals surface area contributed by atoms with Gasteiger partial charge in [-0.3, -0.25) is 4.79 Å². The van der Waals surface area contributed by atoms with Gasteiger partial charge in [0.05, 0.1) is 21.8 Å². The maximum atomic E-state index is 12.1. The summed E-state index contributed by atoms with van der Waals surface area (Å²) in [4.78, 5) is 12.1. The molecule has 0 saturated carbocycles. The summed E-state index contributed by atoms with van der Waals surface area (Å²) in [5.74, 6) is 0.0904. The van der Waals surface area contributed by atoms with Gasteiger partial charge in [-0.05, 0) is 59.7 Å². The van der Waals surface area contributed by atoms with E-state index in [-0.39, 0.29) is 10.6 Å². The normalized spacial score (nSPS) is 10.9. The molecule has 1 N–H and O–H groups in total. The second-order valence-corrected chi connectivity index (χ2v) is 7.62. The van der Waals surface area contributed by atoms with Crippen molar-refractivity contribution in [1.29, 1.82) is 0 Å². The summed E-state index contributed by atoms with van der Waals surface area (Å²) < 4.78 is 5.73. The summed E-state index contributed by atoms with van der Waals surface area (Å²) in [6, 6.07) is 17.1. The zero-order valence-corrected chi connectivity index (χ0v) is 17.9. The molecule has 0 heterocycles. The number of amides is 1. The van der Waals surface area contributed by atoms with E-state index in [2.05, 4.69) is 10.5 Å². The highest BCUT2D eigenvalue weighted by Crippen LogP contribution is 2.26. The van der Waals surface area contributed by atoms with E-state index in [9.17, 15) is 4.79 Å². The smallest absolute Gasteiger partial charge is 0.272 e. The lowest BCUT2D eigenvalue weighted by atomic mass is 10.2. The largest absolute Gasteiger partial charge is 0.487 e. The summed E-state index contributed by atoms with van der Waals surface area (Å²) in [6.07, 6.45) is 1.47. The molecular formula is C21H14Cl4N2O2. The van der Waals surface area contributed by atoms with Crippen LogP contribution in [0.25, 0.3) is 0 Å². The Bertz CT molecular complexity index is 1050. The predicted molar refractivity (Wildman–Crippen MR) is 119 cm³/mol. The van der Waals surface area contributed by atoms with Crippen LogP contribution in [0, 0.1) is 0 Å². The molecule has 29 heavy (non-hydrogen) atoms. The van der Waals surface area contributed by atoms with Crippen LogP contribution >= 0.6 is 46.4 Å². The van der Waals surface area contributed by atoms with Crippen LogP contribution in [-0.2, 0) is 6.61 Å². The van der Waals surface area contributed by atoms with Crippen LogP contribution < -0.4 is 10.2 Å². The zero-order valence-electron chi connectivity index (χ0n) is 14.8. The summed E-state index contributed by atoms with van der Waals surface area (Å²) in [6.45, 7) is 0.363. The standard InChI is InChI=1S/C21H14Cl4N2O2/c22-15-4-1-13(2-5-15)12-29-20-8-3-14(9-19(20)25)11-26-27-21(28)17-7-6-16(23)10-18(17)24/h1-11H,12H2,(H,27,28)/b26-11-. The van der Waals surface area contributed by atoms with Gasteiger partial charge in [-0.25, -0.2) is 5.43 Å². The molecule has 0 aromatic heterocycles. The molecule has 3 aromatic rings. The minimum absolute atomic E-state index is 0.246. The van der Waals surface area contributed by atoms with Crippen molar-refractivity contribution in [3.05, 3.63) is 97.4 Å². The van der Waals surface area contributed by atoms with Gasteiger partial charge < -0.3 is 4.74 Å². The van der Waals surface area contributed by atoms with Crippen LogP contribution in [-0.4, -0.2) is 12.1 Å². The molecule has 148 valence electrons. The number of hydrazone groups is 1. The van der Waals surface area contributed by atoms with Crippen molar-refractivity contribution in [3.8, 4) is 5.75 Å². The minimum Gasteiger partial charge on any atom is -0.487 e. The Morgan fingerprint density at radius 2 is 1.62 bits per heavy atom. The molecule has 0 radical (unpaired) electrons. The SMILES string of the molecule is O=C(N/N=C\c1ccc(OCc2ccc(Cl)cc2)c(Cl)c1)c1ccc(Cl)cc1Cl. The molecule has 0 fully saturated rings. The molecule has 0 unspecified atom stereocenters. The van der Waals surface area contributed by atoms with Crippen LogP contribution in [0.3, 0.4) is 0 Å². The highest BCUT2D eigenvalue weighted by molar-refractivity contribution is 6.36. The van der Waals surface area contributed by atoms with Gasteiger partial charge in [0.25, 0.3) is 5.91 Å². The molecule has 0 saturated heterocycles. The third-order valence-corrected chi connectivity index (χ3v) is 4.91. The maximum Gasteiger partial charge on any atom is 0.272 e. The summed E-state index contributed by atoms with van der Waals surface area (Å²) in [7, 11) is 0. The third kappa shape index (κ3) is 6.12. The van der Waals surface area contributed by atoms with Crippen molar-refractivity contribution >= 4 is 58.5 Å². The lowest BCUT2D eigenvalue weighted by Gasteiger charge is -2.09. The van der Waals surface area contributed by atoms with E-state index < -0.39 is 5.91 Å². The first kappa shape index (κ1) is 21.5. The van der Waals surface area contributed by atoms with Crippen LogP contribution in [0.5, 0.6) is 5.75 Å². The molecule has 4 nitrogen and oxygen atoms in total. The Labute approximate surface area is 188 Å². The number of carbonyl (C=O) groups excluding carboxylic acids is 1. The number of hydrogen-bond acceptors (Lipinski definition) is 3. The van der Waals surface area contributed by atoms with Gasteiger partial charge >= 0.3 is 0 Å². The topological polar surface area (TPSA) is 50.7 Å². The van der Waals surface area contributed by atoms with E-state index in [1.54, 1.807) is 36.4 Å². The third-order valence-electron chi connectivity index (χ3n) is 3.82. The van der Waals surface area contributed by atoms with Gasteiger partial charge in [0, 0.05) is 10.0 Å². The Kier molecular flexibility index (Phi) is 7.40. The number of halogens is 4. The number of carbonyl (C=O) groups is 1. The monoisotopic (exact) mass is 466 g/mol. The Balaban J connectivity index is 1.59. The van der Waals surface area contributed by atoms with E-state index in [1.165, 1.54) is 18.3 Å². The molecule has 3 rings (SSSR count). The van der Waals surface area contributed by atoms with Crippen molar-refractivity contribution < 1.29 is 9.53 Å². The first-order valence-corrected chi connectivity index (χ1v) is 9.89. The summed E-state index contributed by atoms with van der Waals surface area (Å²) in [5, 5.41) is 5.71. The van der Waals surface area contributed by atoms with Gasteiger partial charge in [-0.2, -0.15) is 5.10 Å². The summed E-state index contributed by atoms with van der Waals surface area (Å²) >= 11 is 24.0. The fourth-order valence-corrected chi connectivity index (χ4v) is 3.22. The molecule has 3 aromatic carbocycles.